The number of ether oxygens (including phenoxy) is 1. The van der Waals surface area contributed by atoms with Crippen LogP contribution >= 0.6 is 11.3 Å². The number of benzene rings is 1. The summed E-state index contributed by atoms with van der Waals surface area (Å²) in [5.41, 5.74) is 3.17. The number of thiophene rings is 1. The van der Waals surface area contributed by atoms with Gasteiger partial charge in [-0.2, -0.15) is 0 Å². The van der Waals surface area contributed by atoms with Crippen molar-refractivity contribution < 1.29 is 4.74 Å². The minimum absolute atomic E-state index is 0.807. The van der Waals surface area contributed by atoms with Gasteiger partial charge in [0.15, 0.2) is 0 Å². The Kier molecular flexibility index (Phi) is 3.59. The predicted octanol–water partition coefficient (Wildman–Crippen LogP) is 4.21. The molecule has 0 fully saturated rings. The van der Waals surface area contributed by atoms with E-state index in [1.54, 1.807) is 18.4 Å². The normalized spacial score (nSPS) is 11.6. The molecule has 0 aliphatic rings. The molecule has 1 aromatic heterocycles. The van der Waals surface area contributed by atoms with Crippen molar-refractivity contribution in [1.29, 1.82) is 0 Å². The first-order chi connectivity index (χ1) is 8.22. The van der Waals surface area contributed by atoms with E-state index in [-0.39, 0.29) is 0 Å². The Labute approximate surface area is 106 Å². The number of hydrogen-bond donors (Lipinski definition) is 0. The maximum Gasteiger partial charge on any atom is 0.144 e. The molecule has 0 aliphatic carbocycles. The molecule has 0 aliphatic heterocycles. The second-order valence-corrected chi connectivity index (χ2v) is 4.72. The van der Waals surface area contributed by atoms with E-state index in [9.17, 15) is 0 Å². The second kappa shape index (κ2) is 5.15. The third-order valence-corrected chi connectivity index (χ3v) is 3.69. The van der Waals surface area contributed by atoms with Gasteiger partial charge in [-0.15, -0.1) is 11.3 Å². The van der Waals surface area contributed by atoms with E-state index in [4.69, 9.17) is 4.74 Å². The highest BCUT2D eigenvalue weighted by atomic mass is 32.1. The van der Waals surface area contributed by atoms with Gasteiger partial charge >= 0.3 is 0 Å². The molecular weight excluding hydrogens is 230 g/mol. The van der Waals surface area contributed by atoms with Gasteiger partial charge in [-0.25, -0.2) is 4.99 Å². The number of aliphatic imine (C=N–C) groups is 1. The van der Waals surface area contributed by atoms with Crippen LogP contribution in [0.4, 0.5) is 5.69 Å². The average Bonchev–Trinajstić information content (AvgIpc) is 2.76. The van der Waals surface area contributed by atoms with Crippen LogP contribution in [0.15, 0.2) is 40.7 Å². The molecule has 0 atom stereocenters. The SMILES string of the molecule is COc1ccccc1N=C(C)c1sccc1C. The Morgan fingerprint density at radius 1 is 1.24 bits per heavy atom. The summed E-state index contributed by atoms with van der Waals surface area (Å²) in [6.07, 6.45) is 0. The van der Waals surface area contributed by atoms with Crippen molar-refractivity contribution in [1.82, 2.24) is 0 Å². The minimum atomic E-state index is 0.807. The molecule has 0 radical (unpaired) electrons. The van der Waals surface area contributed by atoms with Crippen LogP contribution in [0, 0.1) is 6.92 Å². The molecule has 0 N–H and O–H groups in total. The van der Waals surface area contributed by atoms with Crippen molar-refractivity contribution in [3.8, 4) is 5.75 Å². The molecule has 2 nitrogen and oxygen atoms in total. The quantitative estimate of drug-likeness (QED) is 0.742. The fraction of sp³-hybridized carbons (Fsp3) is 0.214. The van der Waals surface area contributed by atoms with Crippen LogP contribution in [-0.4, -0.2) is 12.8 Å². The van der Waals surface area contributed by atoms with Gasteiger partial charge in [0, 0.05) is 0 Å². The van der Waals surface area contributed by atoms with E-state index in [1.807, 2.05) is 31.2 Å². The molecule has 17 heavy (non-hydrogen) atoms. The van der Waals surface area contributed by atoms with Crippen molar-refractivity contribution >= 4 is 22.7 Å². The Bertz CT molecular complexity index is 543. The lowest BCUT2D eigenvalue weighted by molar-refractivity contribution is 0.416. The first-order valence-corrected chi connectivity index (χ1v) is 6.33. The Hall–Kier alpha value is -1.61. The number of para-hydroxylation sites is 2. The van der Waals surface area contributed by atoms with Crippen LogP contribution in [0.2, 0.25) is 0 Å². The maximum atomic E-state index is 5.29. The van der Waals surface area contributed by atoms with Gasteiger partial charge in [-0.3, -0.25) is 0 Å². The van der Waals surface area contributed by atoms with Gasteiger partial charge in [-0.1, -0.05) is 12.1 Å². The number of rotatable bonds is 3. The third kappa shape index (κ3) is 2.56. The molecule has 0 unspecified atom stereocenters. The number of aryl methyl sites for hydroxylation is 1. The smallest absolute Gasteiger partial charge is 0.144 e. The van der Waals surface area contributed by atoms with E-state index in [2.05, 4.69) is 23.4 Å². The van der Waals surface area contributed by atoms with Crippen LogP contribution in [0.25, 0.3) is 0 Å². The number of nitrogens with zero attached hydrogens (tertiary/aromatic N) is 1. The van der Waals surface area contributed by atoms with Gasteiger partial charge < -0.3 is 4.74 Å². The predicted molar refractivity (Wildman–Crippen MR) is 73.9 cm³/mol. The minimum Gasteiger partial charge on any atom is -0.494 e. The van der Waals surface area contributed by atoms with Gasteiger partial charge in [-0.05, 0) is 43.0 Å². The highest BCUT2D eigenvalue weighted by molar-refractivity contribution is 7.12. The maximum absolute atomic E-state index is 5.29. The van der Waals surface area contributed by atoms with Crippen molar-refractivity contribution in [2.45, 2.75) is 13.8 Å². The topological polar surface area (TPSA) is 21.6 Å². The summed E-state index contributed by atoms with van der Waals surface area (Å²) in [5, 5.41) is 2.09. The highest BCUT2D eigenvalue weighted by Gasteiger charge is 2.05. The monoisotopic (exact) mass is 245 g/mol. The average molecular weight is 245 g/mol. The molecule has 2 aromatic rings. The van der Waals surface area contributed by atoms with Crippen molar-refractivity contribution in [3.05, 3.63) is 46.2 Å². The Morgan fingerprint density at radius 3 is 2.65 bits per heavy atom. The summed E-state index contributed by atoms with van der Waals surface area (Å²) in [5.74, 6) is 0.807. The first kappa shape index (κ1) is 11.9. The molecule has 88 valence electrons. The zero-order valence-corrected chi connectivity index (χ0v) is 11.0. The summed E-state index contributed by atoms with van der Waals surface area (Å²) >= 11 is 1.72. The zero-order valence-electron chi connectivity index (χ0n) is 10.2. The van der Waals surface area contributed by atoms with Gasteiger partial charge in [0.2, 0.25) is 0 Å². The molecule has 0 spiro atoms. The van der Waals surface area contributed by atoms with Crippen molar-refractivity contribution in [3.63, 3.8) is 0 Å². The number of methoxy groups -OCH3 is 1. The van der Waals surface area contributed by atoms with Crippen LogP contribution in [-0.2, 0) is 0 Å². The molecule has 1 heterocycles. The van der Waals surface area contributed by atoms with Crippen LogP contribution in [0.1, 0.15) is 17.4 Å². The van der Waals surface area contributed by atoms with Crippen molar-refractivity contribution in [2.75, 3.05) is 7.11 Å². The van der Waals surface area contributed by atoms with E-state index in [0.717, 1.165) is 17.1 Å². The summed E-state index contributed by atoms with van der Waals surface area (Å²) in [7, 11) is 1.67. The fourth-order valence-corrected chi connectivity index (χ4v) is 2.58. The molecule has 3 heteroatoms. The molecule has 0 saturated carbocycles. The lowest BCUT2D eigenvalue weighted by atomic mass is 10.2. The zero-order chi connectivity index (χ0) is 12.3. The molecular formula is C14H15NOS. The van der Waals surface area contributed by atoms with Crippen LogP contribution in [0.5, 0.6) is 5.75 Å². The van der Waals surface area contributed by atoms with E-state index in [1.165, 1.54) is 10.4 Å². The highest BCUT2D eigenvalue weighted by Crippen LogP contribution is 2.28. The third-order valence-electron chi connectivity index (χ3n) is 2.56. The summed E-state index contributed by atoms with van der Waals surface area (Å²) in [6, 6.07) is 9.92. The Morgan fingerprint density at radius 2 is 2.00 bits per heavy atom. The lowest BCUT2D eigenvalue weighted by Gasteiger charge is -2.05. The summed E-state index contributed by atoms with van der Waals surface area (Å²) in [6.45, 7) is 4.14. The molecule has 0 bridgehead atoms. The van der Waals surface area contributed by atoms with Gasteiger partial charge in [0.25, 0.3) is 0 Å². The summed E-state index contributed by atoms with van der Waals surface area (Å²) < 4.78 is 5.29. The van der Waals surface area contributed by atoms with E-state index >= 15 is 0 Å². The first-order valence-electron chi connectivity index (χ1n) is 5.45. The standard InChI is InChI=1S/C14H15NOS/c1-10-8-9-17-14(10)11(2)15-12-6-4-5-7-13(12)16-3/h4-9H,1-3H3. The summed E-state index contributed by atoms with van der Waals surface area (Å²) in [4.78, 5) is 5.87. The lowest BCUT2D eigenvalue weighted by Crippen LogP contribution is -1.93. The molecule has 2 rings (SSSR count). The second-order valence-electron chi connectivity index (χ2n) is 3.80. The van der Waals surface area contributed by atoms with Crippen LogP contribution < -0.4 is 4.74 Å². The molecule has 0 amide bonds. The van der Waals surface area contributed by atoms with Crippen molar-refractivity contribution in [2.24, 2.45) is 4.99 Å². The van der Waals surface area contributed by atoms with E-state index < -0.39 is 0 Å². The Balaban J connectivity index is 2.39. The number of hydrogen-bond acceptors (Lipinski definition) is 3. The molecule has 0 saturated heterocycles. The van der Waals surface area contributed by atoms with Gasteiger partial charge in [0.05, 0.1) is 17.7 Å². The molecule has 1 aromatic carbocycles. The van der Waals surface area contributed by atoms with E-state index in [0.29, 0.717) is 0 Å². The van der Waals surface area contributed by atoms with Gasteiger partial charge in [0.1, 0.15) is 11.4 Å². The fourth-order valence-electron chi connectivity index (χ4n) is 1.70. The van der Waals surface area contributed by atoms with Crippen LogP contribution in [0.3, 0.4) is 0 Å². The largest absolute Gasteiger partial charge is 0.494 e.